The number of aliphatic hydroxyl groups excluding tert-OH is 1. The van der Waals surface area contributed by atoms with Gasteiger partial charge < -0.3 is 26.2 Å². The maximum absolute atomic E-state index is 9.45. The summed E-state index contributed by atoms with van der Waals surface area (Å²) >= 11 is 0. The number of aromatic nitrogens is 4. The molecule has 0 aliphatic heterocycles. The number of benzene rings is 1. The molecule has 0 bridgehead atoms. The Balaban J connectivity index is 1.59. The summed E-state index contributed by atoms with van der Waals surface area (Å²) in [5, 5.41) is 21.1. The average Bonchev–Trinajstić information content (AvgIpc) is 3.16. The molecule has 1 fully saturated rings. The van der Waals surface area contributed by atoms with Crippen LogP contribution in [0.4, 0.5) is 11.8 Å². The molecule has 2 aromatic heterocycles. The minimum absolute atomic E-state index is 0.0952. The van der Waals surface area contributed by atoms with Crippen LogP contribution in [0.3, 0.4) is 0 Å². The molecule has 1 aliphatic rings. The van der Waals surface area contributed by atoms with Gasteiger partial charge in [-0.1, -0.05) is 31.9 Å². The largest absolute Gasteiger partial charge is 0.496 e. The van der Waals surface area contributed by atoms with E-state index in [-0.39, 0.29) is 18.6 Å². The van der Waals surface area contributed by atoms with Gasteiger partial charge in [0.2, 0.25) is 5.95 Å². The second kappa shape index (κ2) is 10.8. The van der Waals surface area contributed by atoms with Crippen LogP contribution in [0.1, 0.15) is 56.6 Å². The third-order valence-corrected chi connectivity index (χ3v) is 6.33. The fourth-order valence-electron chi connectivity index (χ4n) is 4.29. The highest BCUT2D eigenvalue weighted by atomic mass is 16.5. The van der Waals surface area contributed by atoms with E-state index in [0.717, 1.165) is 36.2 Å². The monoisotopic (exact) mass is 453 g/mol. The van der Waals surface area contributed by atoms with Crippen LogP contribution in [0, 0.1) is 0 Å². The fraction of sp³-hybridized carbons (Fsp3) is 0.542. The van der Waals surface area contributed by atoms with Gasteiger partial charge in [0, 0.05) is 30.8 Å². The molecule has 5 N–H and O–H groups in total. The molecule has 9 heteroatoms. The first-order valence-corrected chi connectivity index (χ1v) is 11.9. The molecule has 178 valence electrons. The number of rotatable bonds is 12. The summed E-state index contributed by atoms with van der Waals surface area (Å²) in [6.45, 7) is 3.60. The highest BCUT2D eigenvalue weighted by Crippen LogP contribution is 2.27. The van der Waals surface area contributed by atoms with Crippen molar-refractivity contribution in [3.05, 3.63) is 35.5 Å². The molecule has 0 saturated heterocycles. The van der Waals surface area contributed by atoms with E-state index in [9.17, 15) is 5.11 Å². The second-order valence-electron chi connectivity index (χ2n) is 8.76. The van der Waals surface area contributed by atoms with Crippen molar-refractivity contribution in [1.82, 2.24) is 25.1 Å². The molecule has 0 amide bonds. The third kappa shape index (κ3) is 5.54. The van der Waals surface area contributed by atoms with Gasteiger partial charge in [0.15, 0.2) is 5.82 Å². The maximum atomic E-state index is 9.45. The SMILES string of the molecule is CCC[C@@H](CCO)Nc1nc(N)nc2cnn(Cc3ccc(CNC4CCC4)cc3OC)c12. The normalized spacial score (nSPS) is 14.9. The van der Waals surface area contributed by atoms with E-state index in [1.54, 1.807) is 13.3 Å². The van der Waals surface area contributed by atoms with Crippen LogP contribution < -0.4 is 21.1 Å². The first-order valence-electron chi connectivity index (χ1n) is 11.9. The van der Waals surface area contributed by atoms with Gasteiger partial charge in [0.05, 0.1) is 19.9 Å². The van der Waals surface area contributed by atoms with E-state index in [0.29, 0.717) is 30.3 Å². The van der Waals surface area contributed by atoms with Crippen LogP contribution in [0.25, 0.3) is 11.0 Å². The number of hydrogen-bond donors (Lipinski definition) is 4. The molecule has 1 aliphatic carbocycles. The maximum Gasteiger partial charge on any atom is 0.222 e. The molecular weight excluding hydrogens is 418 g/mol. The van der Waals surface area contributed by atoms with E-state index in [4.69, 9.17) is 10.5 Å². The summed E-state index contributed by atoms with van der Waals surface area (Å²) in [5.41, 5.74) is 9.67. The highest BCUT2D eigenvalue weighted by Gasteiger charge is 2.18. The van der Waals surface area contributed by atoms with Gasteiger partial charge in [0.25, 0.3) is 0 Å². The van der Waals surface area contributed by atoms with E-state index in [1.807, 2.05) is 4.68 Å². The second-order valence-corrected chi connectivity index (χ2v) is 8.76. The molecule has 0 unspecified atom stereocenters. The van der Waals surface area contributed by atoms with Gasteiger partial charge in [-0.3, -0.25) is 4.68 Å². The number of nitrogens with one attached hydrogen (secondary N) is 2. The predicted molar refractivity (Wildman–Crippen MR) is 130 cm³/mol. The van der Waals surface area contributed by atoms with Crippen LogP contribution in [0.5, 0.6) is 5.75 Å². The van der Waals surface area contributed by atoms with Crippen molar-refractivity contribution < 1.29 is 9.84 Å². The molecule has 0 radical (unpaired) electrons. The third-order valence-electron chi connectivity index (χ3n) is 6.33. The van der Waals surface area contributed by atoms with Crippen molar-refractivity contribution in [2.75, 3.05) is 24.8 Å². The molecule has 1 atom stereocenters. The van der Waals surface area contributed by atoms with Crippen LogP contribution in [-0.2, 0) is 13.1 Å². The van der Waals surface area contributed by atoms with Crippen molar-refractivity contribution in [2.24, 2.45) is 0 Å². The van der Waals surface area contributed by atoms with E-state index in [1.165, 1.54) is 24.8 Å². The number of nitrogens with zero attached hydrogens (tertiary/aromatic N) is 4. The summed E-state index contributed by atoms with van der Waals surface area (Å²) in [6.07, 6.45) is 8.12. The summed E-state index contributed by atoms with van der Waals surface area (Å²) < 4.78 is 7.59. The standard InChI is InChI=1S/C24H35N7O2/c1-3-5-19(10-11-32)28-23-22-20(29-24(25)30-23)14-27-31(22)15-17-9-8-16(12-21(17)33-2)13-26-18-6-4-7-18/h8-9,12,14,18-19,26,32H,3-7,10-11,13,15H2,1-2H3,(H3,25,28,29,30)/t19-/m0/s1. The van der Waals surface area contributed by atoms with Crippen LogP contribution >= 0.6 is 0 Å². The van der Waals surface area contributed by atoms with Gasteiger partial charge in [-0.2, -0.15) is 10.1 Å². The zero-order chi connectivity index (χ0) is 23.2. The number of aliphatic hydroxyl groups is 1. The molecule has 1 aromatic carbocycles. The first-order chi connectivity index (χ1) is 16.1. The number of methoxy groups -OCH3 is 1. The van der Waals surface area contributed by atoms with Crippen LogP contribution in [0.15, 0.2) is 24.4 Å². The lowest BCUT2D eigenvalue weighted by Crippen LogP contribution is -2.34. The van der Waals surface area contributed by atoms with Crippen LogP contribution in [0.2, 0.25) is 0 Å². The van der Waals surface area contributed by atoms with Crippen molar-refractivity contribution in [1.29, 1.82) is 0 Å². The lowest BCUT2D eigenvalue weighted by atomic mass is 9.93. The van der Waals surface area contributed by atoms with Gasteiger partial charge in [-0.15, -0.1) is 0 Å². The fourth-order valence-corrected chi connectivity index (χ4v) is 4.29. The van der Waals surface area contributed by atoms with Crippen molar-refractivity contribution >= 4 is 22.8 Å². The lowest BCUT2D eigenvalue weighted by molar-refractivity contribution is 0.276. The minimum atomic E-state index is 0.0952. The number of fused-ring (bicyclic) bond motifs is 1. The Bertz CT molecular complexity index is 1060. The Morgan fingerprint density at radius 1 is 1.27 bits per heavy atom. The van der Waals surface area contributed by atoms with Gasteiger partial charge >= 0.3 is 0 Å². The summed E-state index contributed by atoms with van der Waals surface area (Å²) in [5.74, 6) is 1.67. The molecular formula is C24H35N7O2. The Hall–Kier alpha value is -2.91. The van der Waals surface area contributed by atoms with Gasteiger partial charge in [-0.25, -0.2) is 4.98 Å². The lowest BCUT2D eigenvalue weighted by Gasteiger charge is -2.26. The average molecular weight is 454 g/mol. The minimum Gasteiger partial charge on any atom is -0.496 e. The Morgan fingerprint density at radius 2 is 2.12 bits per heavy atom. The van der Waals surface area contributed by atoms with E-state index >= 15 is 0 Å². The number of hydrogen-bond acceptors (Lipinski definition) is 8. The van der Waals surface area contributed by atoms with E-state index in [2.05, 4.69) is 50.8 Å². The molecule has 1 saturated carbocycles. The molecule has 4 rings (SSSR count). The number of nitrogens with two attached hydrogens (primary N) is 1. The zero-order valence-electron chi connectivity index (χ0n) is 19.5. The highest BCUT2D eigenvalue weighted by molar-refractivity contribution is 5.86. The summed E-state index contributed by atoms with van der Waals surface area (Å²) in [4.78, 5) is 8.83. The smallest absolute Gasteiger partial charge is 0.222 e. The van der Waals surface area contributed by atoms with Crippen molar-refractivity contribution in [3.8, 4) is 5.75 Å². The molecule has 3 aromatic rings. The zero-order valence-corrected chi connectivity index (χ0v) is 19.5. The Morgan fingerprint density at radius 3 is 2.82 bits per heavy atom. The summed E-state index contributed by atoms with van der Waals surface area (Å²) in [7, 11) is 1.70. The number of anilines is 2. The number of nitrogen functional groups attached to an aromatic ring is 1. The Kier molecular flexibility index (Phi) is 7.61. The molecule has 2 heterocycles. The van der Waals surface area contributed by atoms with E-state index < -0.39 is 0 Å². The van der Waals surface area contributed by atoms with Gasteiger partial charge in [0.1, 0.15) is 16.8 Å². The Labute approximate surface area is 194 Å². The quantitative estimate of drug-likeness (QED) is 0.330. The van der Waals surface area contributed by atoms with Crippen LogP contribution in [-0.4, -0.2) is 50.7 Å². The molecule has 33 heavy (non-hydrogen) atoms. The van der Waals surface area contributed by atoms with Gasteiger partial charge in [-0.05, 0) is 37.3 Å². The predicted octanol–water partition coefficient (Wildman–Crippen LogP) is 3.07. The molecule has 9 nitrogen and oxygen atoms in total. The topological polar surface area (TPSA) is 123 Å². The van der Waals surface area contributed by atoms with Crippen molar-refractivity contribution in [3.63, 3.8) is 0 Å². The first kappa shape index (κ1) is 23.3. The summed E-state index contributed by atoms with van der Waals surface area (Å²) in [6, 6.07) is 7.08. The number of ether oxygens (including phenoxy) is 1. The molecule has 0 spiro atoms. The van der Waals surface area contributed by atoms with Crippen molar-refractivity contribution in [2.45, 2.75) is 70.6 Å².